The maximum atomic E-state index is 12.4. The minimum Gasteiger partial charge on any atom is -0.438 e. The lowest BCUT2D eigenvalue weighted by Crippen LogP contribution is -2.13. The van der Waals surface area contributed by atoms with Gasteiger partial charge in [-0.3, -0.25) is 9.36 Å². The van der Waals surface area contributed by atoms with Crippen LogP contribution in [0.5, 0.6) is 11.6 Å². The van der Waals surface area contributed by atoms with Crippen LogP contribution < -0.4 is 10.1 Å². The average molecular weight is 390 g/mol. The molecule has 0 radical (unpaired) electrons. The lowest BCUT2D eigenvalue weighted by atomic mass is 10.2. The van der Waals surface area contributed by atoms with Crippen LogP contribution in [-0.2, 0) is 0 Å². The summed E-state index contributed by atoms with van der Waals surface area (Å²) in [5, 5.41) is 14.9. The second-order valence-electron chi connectivity index (χ2n) is 6.35. The minimum atomic E-state index is -0.272. The quantitative estimate of drug-likeness (QED) is 0.554. The molecule has 0 atom stereocenters. The zero-order chi connectivity index (χ0) is 20.4. The van der Waals surface area contributed by atoms with Crippen molar-refractivity contribution in [2.24, 2.45) is 0 Å². The van der Waals surface area contributed by atoms with Gasteiger partial charge in [0, 0.05) is 24.1 Å². The SMILES string of the molecule is Cc1noc(C)c1C(=O)Nc1ccc(Oc2ccc(-n3ccnc3C)nn2)cc1. The van der Waals surface area contributed by atoms with Crippen LogP contribution in [0.3, 0.4) is 0 Å². The summed E-state index contributed by atoms with van der Waals surface area (Å²) < 4.78 is 12.6. The van der Waals surface area contributed by atoms with Crippen LogP contribution in [0.15, 0.2) is 53.3 Å². The Morgan fingerprint density at radius 1 is 1.07 bits per heavy atom. The fourth-order valence-corrected chi connectivity index (χ4v) is 2.84. The number of imidazole rings is 1. The highest BCUT2D eigenvalue weighted by atomic mass is 16.5. The largest absolute Gasteiger partial charge is 0.438 e. The van der Waals surface area contributed by atoms with Crippen molar-refractivity contribution >= 4 is 11.6 Å². The normalized spacial score (nSPS) is 10.7. The Bertz CT molecular complexity index is 1130. The highest BCUT2D eigenvalue weighted by Gasteiger charge is 2.17. The number of rotatable bonds is 5. The van der Waals surface area contributed by atoms with E-state index in [1.165, 1.54) is 0 Å². The summed E-state index contributed by atoms with van der Waals surface area (Å²) in [7, 11) is 0. The molecule has 3 aromatic heterocycles. The molecular formula is C20H18N6O3. The first-order valence-electron chi connectivity index (χ1n) is 8.87. The van der Waals surface area contributed by atoms with Gasteiger partial charge in [-0.25, -0.2) is 4.98 Å². The number of aromatic nitrogens is 5. The van der Waals surface area contributed by atoms with Crippen LogP contribution >= 0.6 is 0 Å². The van der Waals surface area contributed by atoms with Crippen molar-refractivity contribution < 1.29 is 14.1 Å². The Labute approximate surface area is 166 Å². The second kappa shape index (κ2) is 7.55. The number of ether oxygens (including phenoxy) is 1. The Morgan fingerprint density at radius 3 is 2.45 bits per heavy atom. The van der Waals surface area contributed by atoms with Gasteiger partial charge in [0.2, 0.25) is 5.88 Å². The summed E-state index contributed by atoms with van der Waals surface area (Å²) in [4.78, 5) is 16.5. The molecule has 0 spiro atoms. The van der Waals surface area contributed by atoms with Gasteiger partial charge in [0.05, 0.1) is 5.69 Å². The number of hydrogen-bond acceptors (Lipinski definition) is 7. The van der Waals surface area contributed by atoms with Crippen LogP contribution in [0.1, 0.15) is 27.6 Å². The van der Waals surface area contributed by atoms with Gasteiger partial charge in [-0.2, -0.15) is 0 Å². The third kappa shape index (κ3) is 3.84. The molecule has 9 heteroatoms. The Kier molecular flexibility index (Phi) is 4.78. The number of carbonyl (C=O) groups is 1. The fraction of sp³-hybridized carbons (Fsp3) is 0.150. The van der Waals surface area contributed by atoms with E-state index in [1.807, 2.05) is 17.7 Å². The molecule has 9 nitrogen and oxygen atoms in total. The Balaban J connectivity index is 1.42. The molecule has 1 N–H and O–H groups in total. The molecule has 29 heavy (non-hydrogen) atoms. The van der Waals surface area contributed by atoms with Gasteiger partial charge in [-0.05, 0) is 51.1 Å². The van der Waals surface area contributed by atoms with Crippen molar-refractivity contribution in [3.63, 3.8) is 0 Å². The molecular weight excluding hydrogens is 372 g/mol. The van der Waals surface area contributed by atoms with Crippen molar-refractivity contribution in [2.45, 2.75) is 20.8 Å². The number of anilines is 1. The van der Waals surface area contributed by atoms with Crippen molar-refractivity contribution in [3.05, 3.63) is 71.6 Å². The van der Waals surface area contributed by atoms with E-state index >= 15 is 0 Å². The summed E-state index contributed by atoms with van der Waals surface area (Å²) in [6.45, 7) is 5.31. The Hall–Kier alpha value is -4.01. The second-order valence-corrected chi connectivity index (χ2v) is 6.35. The first kappa shape index (κ1) is 18.4. The maximum Gasteiger partial charge on any atom is 0.261 e. The summed E-state index contributed by atoms with van der Waals surface area (Å²) in [6, 6.07) is 10.5. The summed E-state index contributed by atoms with van der Waals surface area (Å²) in [6.07, 6.45) is 3.52. The number of carbonyl (C=O) groups excluding carboxylic acids is 1. The molecule has 4 rings (SSSR count). The standard InChI is InChI=1S/C20H18N6O3/c1-12-19(13(2)29-25-12)20(27)22-15-4-6-16(7-5-15)28-18-9-8-17(23-24-18)26-11-10-21-14(26)3/h4-11H,1-3H3,(H,22,27). The molecule has 0 fully saturated rings. The lowest BCUT2D eigenvalue weighted by Gasteiger charge is -2.08. The summed E-state index contributed by atoms with van der Waals surface area (Å²) in [5.74, 6) is 2.62. The van der Waals surface area contributed by atoms with Gasteiger partial charge in [-0.1, -0.05) is 5.16 Å². The molecule has 3 heterocycles. The lowest BCUT2D eigenvalue weighted by molar-refractivity contribution is 0.102. The first-order chi connectivity index (χ1) is 14.0. The first-order valence-corrected chi connectivity index (χ1v) is 8.87. The number of amides is 1. The van der Waals surface area contributed by atoms with Crippen molar-refractivity contribution in [1.82, 2.24) is 24.9 Å². The van der Waals surface area contributed by atoms with E-state index in [0.717, 1.165) is 5.82 Å². The van der Waals surface area contributed by atoms with Gasteiger partial charge in [0.1, 0.15) is 22.9 Å². The molecule has 0 aliphatic heterocycles. The van der Waals surface area contributed by atoms with Gasteiger partial charge < -0.3 is 14.6 Å². The van der Waals surface area contributed by atoms with Crippen LogP contribution in [0.2, 0.25) is 0 Å². The predicted octanol–water partition coefficient (Wildman–Crippen LogP) is 3.62. The van der Waals surface area contributed by atoms with Gasteiger partial charge in [0.25, 0.3) is 5.91 Å². The van der Waals surface area contributed by atoms with E-state index in [0.29, 0.717) is 40.2 Å². The van der Waals surface area contributed by atoms with Gasteiger partial charge >= 0.3 is 0 Å². The number of hydrogen-bond donors (Lipinski definition) is 1. The number of nitrogens with one attached hydrogen (secondary N) is 1. The van der Waals surface area contributed by atoms with Gasteiger partial charge in [-0.15, -0.1) is 10.2 Å². The monoisotopic (exact) mass is 390 g/mol. The van der Waals surface area contributed by atoms with Crippen LogP contribution in [0, 0.1) is 20.8 Å². The third-order valence-corrected chi connectivity index (χ3v) is 4.29. The number of aryl methyl sites for hydroxylation is 3. The van der Waals surface area contributed by atoms with Crippen LogP contribution in [0.4, 0.5) is 5.69 Å². The molecule has 4 aromatic rings. The minimum absolute atomic E-state index is 0.272. The molecule has 0 saturated heterocycles. The smallest absolute Gasteiger partial charge is 0.261 e. The van der Waals surface area contributed by atoms with E-state index in [4.69, 9.17) is 9.26 Å². The molecule has 0 aliphatic rings. The molecule has 1 amide bonds. The zero-order valence-electron chi connectivity index (χ0n) is 16.1. The van der Waals surface area contributed by atoms with E-state index < -0.39 is 0 Å². The third-order valence-electron chi connectivity index (χ3n) is 4.29. The Morgan fingerprint density at radius 2 is 1.86 bits per heavy atom. The average Bonchev–Trinajstić information content (AvgIpc) is 3.29. The van der Waals surface area contributed by atoms with E-state index in [-0.39, 0.29) is 5.91 Å². The molecule has 0 aliphatic carbocycles. The molecule has 0 unspecified atom stereocenters. The molecule has 0 saturated carbocycles. The summed E-state index contributed by atoms with van der Waals surface area (Å²) >= 11 is 0. The van der Waals surface area contributed by atoms with E-state index in [1.54, 1.807) is 56.4 Å². The van der Waals surface area contributed by atoms with E-state index in [2.05, 4.69) is 25.7 Å². The van der Waals surface area contributed by atoms with Crippen LogP contribution in [-0.4, -0.2) is 30.8 Å². The predicted molar refractivity (Wildman–Crippen MR) is 104 cm³/mol. The van der Waals surface area contributed by atoms with Crippen LogP contribution in [0.25, 0.3) is 5.82 Å². The van der Waals surface area contributed by atoms with Crippen molar-refractivity contribution in [2.75, 3.05) is 5.32 Å². The fourth-order valence-electron chi connectivity index (χ4n) is 2.84. The molecule has 146 valence electrons. The maximum absolute atomic E-state index is 12.4. The number of benzene rings is 1. The van der Waals surface area contributed by atoms with E-state index in [9.17, 15) is 4.79 Å². The zero-order valence-corrected chi connectivity index (χ0v) is 16.1. The van der Waals surface area contributed by atoms with Gasteiger partial charge in [0.15, 0.2) is 5.82 Å². The molecule has 0 bridgehead atoms. The topological polar surface area (TPSA) is 108 Å². The summed E-state index contributed by atoms with van der Waals surface area (Å²) in [5.41, 5.74) is 1.61. The highest BCUT2D eigenvalue weighted by molar-refractivity contribution is 6.05. The van der Waals surface area contributed by atoms with Crippen molar-refractivity contribution in [3.8, 4) is 17.4 Å². The van der Waals surface area contributed by atoms with Crippen molar-refractivity contribution in [1.29, 1.82) is 0 Å². The number of nitrogens with zero attached hydrogens (tertiary/aromatic N) is 5. The molecule has 1 aromatic carbocycles. The highest BCUT2D eigenvalue weighted by Crippen LogP contribution is 2.22.